The minimum Gasteiger partial charge on any atom is -0.444 e. The number of para-hydroxylation sites is 1. The molecule has 2 aliphatic rings. The van der Waals surface area contributed by atoms with Gasteiger partial charge < -0.3 is 82.9 Å². The fourth-order valence-electron chi connectivity index (χ4n) is 9.37. The molecule has 1 aromatic heterocycles. The first-order valence-corrected chi connectivity index (χ1v) is 31.3. The highest BCUT2D eigenvalue weighted by molar-refractivity contribution is 8.76. The number of alkyl carbamates (subject to hydrolysis) is 1. The lowest BCUT2D eigenvalue weighted by atomic mass is 10.0. The minimum absolute atomic E-state index is 0.0941. The van der Waals surface area contributed by atoms with E-state index in [1.807, 2.05) is 6.07 Å². The molecule has 4 aromatic rings. The number of carbonyl (C=O) groups excluding carboxylic acids is 10. The standard InChI is InChI=1S/C60H79N11O15S2/c1-34(73)45(31-72)67-57(83)47-33-88-87-32-46(68-53(79)42(26-36-16-8-6-9-17-36)63-48(75)30-71-49(76)23-24-50(71)77)56(82)65-43(27-37-18-10-7-11-19-37)54(80)66-44(28-38-29-62-40-21-13-12-20-39(38)40)55(81)64-41(52(78)70-51(35(2)74)58(84)69-47)22-14-15-25-61-59(85)86-60(3,4)5/h6-13,16-21,23-24,29,34-35,41-47,49,51,62,72-74,76H,14-15,22,25-28,30-33H2,1-5H3,(H,61,85)(H,63,75)(H,64,81)(H,65,82)(H,66,80)(H,67,83)(H,68,79)(H,69,84)(H,70,78)/t34-,35-,41+,42-,43+,44-,45-,46+,47+,49?,51+/m1/s1. The molecule has 2 aliphatic heterocycles. The second kappa shape index (κ2) is 33.4. The molecule has 11 atom stereocenters. The van der Waals surface area contributed by atoms with Gasteiger partial charge in [-0.15, -0.1) is 0 Å². The van der Waals surface area contributed by atoms with E-state index >= 15 is 14.4 Å². The summed E-state index contributed by atoms with van der Waals surface area (Å²) in [5, 5.41) is 66.4. The van der Waals surface area contributed by atoms with E-state index < -0.39 is 145 Å². The summed E-state index contributed by atoms with van der Waals surface area (Å²) in [6.07, 6.45) is -1.21. The van der Waals surface area contributed by atoms with Crippen molar-refractivity contribution in [3.8, 4) is 0 Å². The van der Waals surface area contributed by atoms with Gasteiger partial charge in [0, 0.05) is 60.5 Å². The van der Waals surface area contributed by atoms with Gasteiger partial charge in [0.15, 0.2) is 0 Å². The molecule has 0 saturated carbocycles. The van der Waals surface area contributed by atoms with Gasteiger partial charge in [-0.05, 0) is 82.7 Å². The predicted molar refractivity (Wildman–Crippen MR) is 328 cm³/mol. The van der Waals surface area contributed by atoms with Crippen LogP contribution in [0, 0.1) is 0 Å². The number of rotatable bonds is 21. The number of ether oxygens (including phenoxy) is 1. The first kappa shape index (κ1) is 69.1. The molecule has 476 valence electrons. The maximum absolute atomic E-state index is 15.1. The van der Waals surface area contributed by atoms with Crippen molar-refractivity contribution in [1.29, 1.82) is 0 Å². The van der Waals surface area contributed by atoms with E-state index in [9.17, 15) is 54.0 Å². The largest absolute Gasteiger partial charge is 0.444 e. The maximum atomic E-state index is 15.1. The van der Waals surface area contributed by atoms with Gasteiger partial charge in [-0.25, -0.2) is 4.79 Å². The zero-order chi connectivity index (χ0) is 64.1. The zero-order valence-corrected chi connectivity index (χ0v) is 51.1. The van der Waals surface area contributed by atoms with Crippen LogP contribution in [0.15, 0.2) is 103 Å². The molecule has 28 heteroatoms. The summed E-state index contributed by atoms with van der Waals surface area (Å²) < 4.78 is 5.34. The second-order valence-electron chi connectivity index (χ2n) is 22.4. The van der Waals surface area contributed by atoms with Crippen LogP contribution in [0.4, 0.5) is 4.79 Å². The molecule has 0 bridgehead atoms. The molecule has 26 nitrogen and oxygen atoms in total. The molecule has 3 heterocycles. The molecule has 6 rings (SSSR count). The predicted octanol–water partition coefficient (Wildman–Crippen LogP) is -0.365. The van der Waals surface area contributed by atoms with Gasteiger partial charge in [-0.3, -0.25) is 43.2 Å². The lowest BCUT2D eigenvalue weighted by Gasteiger charge is -2.29. The third-order valence-electron chi connectivity index (χ3n) is 14.1. The molecule has 1 fully saturated rings. The first-order valence-electron chi connectivity index (χ1n) is 28.8. The number of aliphatic hydroxyl groups excluding tert-OH is 4. The highest BCUT2D eigenvalue weighted by Gasteiger charge is 2.37. The number of amides is 10. The van der Waals surface area contributed by atoms with Gasteiger partial charge in [0.2, 0.25) is 53.2 Å². The Kier molecular flexibility index (Phi) is 26.2. The van der Waals surface area contributed by atoms with Crippen molar-refractivity contribution in [3.05, 3.63) is 120 Å². The number of nitrogens with zero attached hydrogens (tertiary/aromatic N) is 1. The number of benzene rings is 3. The summed E-state index contributed by atoms with van der Waals surface area (Å²) in [4.78, 5) is 145. The topological polar surface area (TPSA) is 388 Å². The highest BCUT2D eigenvalue weighted by Crippen LogP contribution is 2.25. The third-order valence-corrected chi connectivity index (χ3v) is 16.5. The van der Waals surface area contributed by atoms with Crippen LogP contribution in [-0.4, -0.2) is 193 Å². The van der Waals surface area contributed by atoms with Crippen LogP contribution in [0.5, 0.6) is 0 Å². The van der Waals surface area contributed by atoms with Crippen molar-refractivity contribution in [2.75, 3.05) is 31.2 Å². The van der Waals surface area contributed by atoms with Gasteiger partial charge in [0.1, 0.15) is 60.7 Å². The average molecular weight is 1260 g/mol. The molecule has 0 aliphatic carbocycles. The van der Waals surface area contributed by atoms with Crippen molar-refractivity contribution >= 4 is 91.7 Å². The Bertz CT molecular complexity index is 3090. The number of aromatic nitrogens is 1. The summed E-state index contributed by atoms with van der Waals surface area (Å²) in [7, 11) is 1.86. The number of hydrogen-bond acceptors (Lipinski definition) is 17. The van der Waals surface area contributed by atoms with Crippen molar-refractivity contribution in [1.82, 2.24) is 57.7 Å². The number of H-pyrrole nitrogens is 1. The summed E-state index contributed by atoms with van der Waals surface area (Å²) in [6, 6.07) is 12.4. The van der Waals surface area contributed by atoms with Gasteiger partial charge >= 0.3 is 6.09 Å². The maximum Gasteiger partial charge on any atom is 0.407 e. The van der Waals surface area contributed by atoms with Crippen LogP contribution in [-0.2, 0) is 67.2 Å². The average Bonchev–Trinajstić information content (AvgIpc) is 2.94. The van der Waals surface area contributed by atoms with E-state index in [2.05, 4.69) is 52.8 Å². The van der Waals surface area contributed by atoms with Crippen molar-refractivity contribution in [3.63, 3.8) is 0 Å². The van der Waals surface area contributed by atoms with Crippen LogP contribution < -0.4 is 47.9 Å². The van der Waals surface area contributed by atoms with Gasteiger partial charge in [0.25, 0.3) is 0 Å². The molecule has 1 saturated heterocycles. The number of hydrogen-bond donors (Lipinski definition) is 14. The molecule has 88 heavy (non-hydrogen) atoms. The Morgan fingerprint density at radius 1 is 0.727 bits per heavy atom. The Morgan fingerprint density at radius 2 is 1.34 bits per heavy atom. The SMILES string of the molecule is C[C@@H](O)[C@@H]1NC(=O)[C@H](CCCCNC(=O)OC(C)(C)C)NC(=O)[C@@H](Cc2c[nH]c3ccccc23)NC(=O)[C@H](Cc2ccccc2)NC(=O)[C@@H](NC(=O)[C@@H](Cc2ccccc2)NC(=O)CN2C(=O)C=CC2O)CSSC[C@@H](C(=O)N[C@H](CO)[C@@H](C)O)NC1=O. The number of unbranched alkanes of at least 4 members (excludes halogenated alkanes) is 1. The van der Waals surface area contributed by atoms with Crippen LogP contribution in [0.25, 0.3) is 10.9 Å². The number of nitrogens with one attached hydrogen (secondary N) is 10. The van der Waals surface area contributed by atoms with Crippen molar-refractivity contribution < 1.29 is 73.1 Å². The Labute approximate surface area is 517 Å². The Morgan fingerprint density at radius 3 is 1.98 bits per heavy atom. The van der Waals surface area contributed by atoms with Crippen molar-refractivity contribution in [2.45, 2.75) is 146 Å². The third kappa shape index (κ3) is 21.4. The van der Waals surface area contributed by atoms with Crippen LogP contribution in [0.2, 0.25) is 0 Å². The van der Waals surface area contributed by atoms with Gasteiger partial charge in [-0.1, -0.05) is 100 Å². The fraction of sp³-hybridized carbons (Fsp3) is 0.467. The van der Waals surface area contributed by atoms with E-state index in [1.165, 1.54) is 19.9 Å². The molecule has 0 radical (unpaired) electrons. The van der Waals surface area contributed by atoms with Crippen LogP contribution in [0.1, 0.15) is 70.6 Å². The molecule has 1 unspecified atom stereocenters. The minimum atomic E-state index is -1.78. The van der Waals surface area contributed by atoms with Gasteiger partial charge in [-0.2, -0.15) is 0 Å². The molecule has 10 amide bonds. The monoisotopic (exact) mass is 1260 g/mol. The summed E-state index contributed by atoms with van der Waals surface area (Å²) in [6.45, 7) is 6.36. The number of fused-ring (bicyclic) bond motifs is 1. The summed E-state index contributed by atoms with van der Waals surface area (Å²) in [5.74, 6) is -8.62. The van der Waals surface area contributed by atoms with Crippen molar-refractivity contribution in [2.24, 2.45) is 0 Å². The smallest absolute Gasteiger partial charge is 0.407 e. The first-order chi connectivity index (χ1) is 41.9. The normalized spacial score (nSPS) is 22.3. The highest BCUT2D eigenvalue weighted by atomic mass is 33.1. The van der Waals surface area contributed by atoms with E-state index in [0.717, 1.165) is 32.6 Å². The van der Waals surface area contributed by atoms with Crippen LogP contribution >= 0.6 is 21.6 Å². The Balaban J connectivity index is 1.40. The molecule has 0 spiro atoms. The number of aliphatic hydroxyl groups is 4. The molecule has 14 N–H and O–H groups in total. The van der Waals surface area contributed by atoms with E-state index in [-0.39, 0.29) is 56.6 Å². The second-order valence-corrected chi connectivity index (χ2v) is 24.9. The molecule has 3 aromatic carbocycles. The number of aromatic amines is 1. The van der Waals surface area contributed by atoms with Gasteiger partial charge in [0.05, 0.1) is 24.9 Å². The quantitative estimate of drug-likeness (QED) is 0.0374. The van der Waals surface area contributed by atoms with Crippen LogP contribution in [0.3, 0.4) is 0 Å². The number of carbonyl (C=O) groups is 10. The molecular formula is C60H79N11O15S2. The summed E-state index contributed by atoms with van der Waals surface area (Å²) in [5.41, 5.74) is 1.64. The van der Waals surface area contributed by atoms with E-state index in [4.69, 9.17) is 4.74 Å². The Hall–Kier alpha value is -8.02. The lowest BCUT2D eigenvalue weighted by Crippen LogP contribution is -2.62. The van der Waals surface area contributed by atoms with E-state index in [0.29, 0.717) is 27.6 Å². The lowest BCUT2D eigenvalue weighted by molar-refractivity contribution is -0.138. The molecular weight excluding hydrogens is 1180 g/mol. The van der Waals surface area contributed by atoms with E-state index in [1.54, 1.807) is 106 Å². The zero-order valence-electron chi connectivity index (χ0n) is 49.5. The summed E-state index contributed by atoms with van der Waals surface area (Å²) >= 11 is 0. The fourth-order valence-corrected chi connectivity index (χ4v) is 11.7.